The molecule has 3 N–H and O–H groups in total. The Morgan fingerprint density at radius 3 is 2.94 bits per heavy atom. The number of rotatable bonds is 3. The van der Waals surface area contributed by atoms with Crippen LogP contribution >= 0.6 is 0 Å². The predicted octanol–water partition coefficient (Wildman–Crippen LogP) is 1.79. The fraction of sp³-hybridized carbons (Fsp3) is 0.357. The zero-order chi connectivity index (χ0) is 12.7. The normalized spacial score (nSPS) is 14.1. The molecule has 1 aliphatic carbocycles. The van der Waals surface area contributed by atoms with E-state index in [0.717, 1.165) is 36.7 Å². The van der Waals surface area contributed by atoms with Gasteiger partial charge in [-0.1, -0.05) is 0 Å². The van der Waals surface area contributed by atoms with Crippen LogP contribution in [0.15, 0.2) is 18.2 Å². The zero-order valence-electron chi connectivity index (χ0n) is 10.1. The van der Waals surface area contributed by atoms with E-state index in [4.69, 9.17) is 10.8 Å². The van der Waals surface area contributed by atoms with E-state index in [1.807, 2.05) is 6.07 Å². The third-order valence-corrected chi connectivity index (χ3v) is 3.73. The maximum Gasteiger partial charge on any atom is 0.335 e. The minimum absolute atomic E-state index is 0.363. The average Bonchev–Trinajstić information content (AvgIpc) is 2.92. The lowest BCUT2D eigenvalue weighted by Gasteiger charge is -2.07. The summed E-state index contributed by atoms with van der Waals surface area (Å²) in [5.41, 5.74) is 9.82. The summed E-state index contributed by atoms with van der Waals surface area (Å²) in [7, 11) is 0. The maximum absolute atomic E-state index is 11.1. The van der Waals surface area contributed by atoms with Crippen molar-refractivity contribution < 1.29 is 9.90 Å². The summed E-state index contributed by atoms with van der Waals surface area (Å²) < 4.78 is 2.25. The maximum atomic E-state index is 11.1. The minimum Gasteiger partial charge on any atom is -0.478 e. The molecule has 1 aromatic heterocycles. The molecule has 0 fully saturated rings. The van der Waals surface area contributed by atoms with Gasteiger partial charge >= 0.3 is 5.97 Å². The van der Waals surface area contributed by atoms with Crippen molar-refractivity contribution in [3.63, 3.8) is 0 Å². The van der Waals surface area contributed by atoms with E-state index in [0.29, 0.717) is 12.1 Å². The molecule has 0 atom stereocenters. The second-order valence-electron chi connectivity index (χ2n) is 4.76. The number of nitrogens with two attached hydrogens (primary N) is 1. The fourth-order valence-electron chi connectivity index (χ4n) is 2.99. The standard InChI is InChI=1S/C14H16N2O2/c15-6-7-16-12-3-1-2-10(12)11-8-9(14(17)18)4-5-13(11)16/h4-5,8H,1-3,6-7,15H2,(H,17,18). The second-order valence-corrected chi connectivity index (χ2v) is 4.76. The third kappa shape index (κ3) is 1.53. The second kappa shape index (κ2) is 4.14. The van der Waals surface area contributed by atoms with Crippen molar-refractivity contribution in [1.82, 2.24) is 4.57 Å². The van der Waals surface area contributed by atoms with E-state index in [1.165, 1.54) is 11.3 Å². The van der Waals surface area contributed by atoms with Crippen LogP contribution in [0.2, 0.25) is 0 Å². The molecular formula is C14H16N2O2. The summed E-state index contributed by atoms with van der Waals surface area (Å²) in [6.45, 7) is 1.41. The summed E-state index contributed by atoms with van der Waals surface area (Å²) >= 11 is 0. The number of benzene rings is 1. The lowest BCUT2D eigenvalue weighted by molar-refractivity contribution is 0.0697. The monoisotopic (exact) mass is 244 g/mol. The lowest BCUT2D eigenvalue weighted by atomic mass is 10.1. The van der Waals surface area contributed by atoms with Crippen LogP contribution in [0.4, 0.5) is 0 Å². The van der Waals surface area contributed by atoms with Gasteiger partial charge in [-0.25, -0.2) is 4.79 Å². The number of aryl methyl sites for hydroxylation is 1. The van der Waals surface area contributed by atoms with Crippen LogP contribution in [0.25, 0.3) is 10.9 Å². The Hall–Kier alpha value is -1.81. The molecule has 0 bridgehead atoms. The van der Waals surface area contributed by atoms with Crippen LogP contribution in [-0.4, -0.2) is 22.2 Å². The molecule has 0 radical (unpaired) electrons. The van der Waals surface area contributed by atoms with Crippen LogP contribution in [-0.2, 0) is 19.4 Å². The quantitative estimate of drug-likeness (QED) is 0.864. The first-order valence-electron chi connectivity index (χ1n) is 6.29. The Bertz CT molecular complexity index is 628. The van der Waals surface area contributed by atoms with Crippen molar-refractivity contribution in [2.24, 2.45) is 5.73 Å². The Kier molecular flexibility index (Phi) is 2.59. The van der Waals surface area contributed by atoms with E-state index in [9.17, 15) is 4.79 Å². The van der Waals surface area contributed by atoms with Crippen molar-refractivity contribution in [1.29, 1.82) is 0 Å². The minimum atomic E-state index is -0.866. The average molecular weight is 244 g/mol. The molecule has 0 amide bonds. The molecule has 1 aliphatic rings. The van der Waals surface area contributed by atoms with Gasteiger partial charge in [0.1, 0.15) is 0 Å². The Labute approximate surface area is 105 Å². The number of aromatic nitrogens is 1. The molecular weight excluding hydrogens is 228 g/mol. The van der Waals surface area contributed by atoms with Crippen molar-refractivity contribution in [2.45, 2.75) is 25.8 Å². The highest BCUT2D eigenvalue weighted by molar-refractivity contribution is 5.95. The van der Waals surface area contributed by atoms with E-state index in [1.54, 1.807) is 12.1 Å². The summed E-state index contributed by atoms with van der Waals surface area (Å²) in [5, 5.41) is 10.2. The van der Waals surface area contributed by atoms with Gasteiger partial charge < -0.3 is 15.4 Å². The number of carboxylic acids is 1. The van der Waals surface area contributed by atoms with Crippen LogP contribution in [0.5, 0.6) is 0 Å². The van der Waals surface area contributed by atoms with E-state index in [-0.39, 0.29) is 0 Å². The first-order chi connectivity index (χ1) is 8.72. The number of hydrogen-bond donors (Lipinski definition) is 2. The highest BCUT2D eigenvalue weighted by Crippen LogP contribution is 2.33. The van der Waals surface area contributed by atoms with E-state index >= 15 is 0 Å². The van der Waals surface area contributed by atoms with Gasteiger partial charge in [-0.2, -0.15) is 0 Å². The van der Waals surface area contributed by atoms with Crippen molar-refractivity contribution >= 4 is 16.9 Å². The van der Waals surface area contributed by atoms with Crippen molar-refractivity contribution in [2.75, 3.05) is 6.54 Å². The van der Waals surface area contributed by atoms with Crippen molar-refractivity contribution in [3.8, 4) is 0 Å². The van der Waals surface area contributed by atoms with E-state index in [2.05, 4.69) is 4.57 Å². The first kappa shape index (κ1) is 11.3. The Balaban J connectivity index is 2.27. The number of carboxylic acid groups (broad SMARTS) is 1. The topological polar surface area (TPSA) is 68.2 Å². The molecule has 1 heterocycles. The molecule has 0 saturated heterocycles. The molecule has 1 aromatic carbocycles. The molecule has 94 valence electrons. The number of carbonyl (C=O) groups is 1. The molecule has 0 aliphatic heterocycles. The van der Waals surface area contributed by atoms with Gasteiger partial charge in [0.05, 0.1) is 5.56 Å². The summed E-state index contributed by atoms with van der Waals surface area (Å²) in [4.78, 5) is 11.1. The molecule has 2 aromatic rings. The van der Waals surface area contributed by atoms with Gasteiger partial charge in [-0.05, 0) is 43.0 Å². The van der Waals surface area contributed by atoms with Crippen LogP contribution in [0.3, 0.4) is 0 Å². The number of fused-ring (bicyclic) bond motifs is 3. The van der Waals surface area contributed by atoms with Crippen LogP contribution in [0.1, 0.15) is 28.0 Å². The summed E-state index contributed by atoms with van der Waals surface area (Å²) in [6, 6.07) is 5.38. The van der Waals surface area contributed by atoms with Crippen molar-refractivity contribution in [3.05, 3.63) is 35.0 Å². The highest BCUT2D eigenvalue weighted by atomic mass is 16.4. The SMILES string of the molecule is NCCn1c2c(c3cc(C(=O)O)ccc31)CCC2. The van der Waals surface area contributed by atoms with Gasteiger partial charge in [-0.3, -0.25) is 0 Å². The van der Waals surface area contributed by atoms with Crippen LogP contribution < -0.4 is 5.73 Å². The summed E-state index contributed by atoms with van der Waals surface area (Å²) in [5.74, 6) is -0.866. The highest BCUT2D eigenvalue weighted by Gasteiger charge is 2.21. The van der Waals surface area contributed by atoms with Gasteiger partial charge in [0, 0.05) is 29.7 Å². The molecule has 0 saturated carbocycles. The summed E-state index contributed by atoms with van der Waals surface area (Å²) in [6.07, 6.45) is 3.28. The zero-order valence-corrected chi connectivity index (χ0v) is 10.1. The number of hydrogen-bond acceptors (Lipinski definition) is 2. The van der Waals surface area contributed by atoms with Crippen LogP contribution in [0, 0.1) is 0 Å². The van der Waals surface area contributed by atoms with Gasteiger partial charge in [0.25, 0.3) is 0 Å². The largest absolute Gasteiger partial charge is 0.478 e. The number of nitrogens with zero attached hydrogens (tertiary/aromatic N) is 1. The van der Waals surface area contributed by atoms with Gasteiger partial charge in [-0.15, -0.1) is 0 Å². The molecule has 0 unspecified atom stereocenters. The predicted molar refractivity (Wildman–Crippen MR) is 70.0 cm³/mol. The lowest BCUT2D eigenvalue weighted by Crippen LogP contribution is -2.11. The fourth-order valence-corrected chi connectivity index (χ4v) is 2.99. The Morgan fingerprint density at radius 2 is 2.22 bits per heavy atom. The smallest absolute Gasteiger partial charge is 0.335 e. The van der Waals surface area contributed by atoms with Gasteiger partial charge in [0.15, 0.2) is 0 Å². The Morgan fingerprint density at radius 1 is 1.39 bits per heavy atom. The molecule has 3 rings (SSSR count). The number of aromatic carboxylic acids is 1. The molecule has 0 spiro atoms. The molecule has 18 heavy (non-hydrogen) atoms. The molecule has 4 nitrogen and oxygen atoms in total. The third-order valence-electron chi connectivity index (χ3n) is 3.73. The molecule has 4 heteroatoms. The van der Waals surface area contributed by atoms with E-state index < -0.39 is 5.97 Å². The first-order valence-corrected chi connectivity index (χ1v) is 6.29. The van der Waals surface area contributed by atoms with Gasteiger partial charge in [0.2, 0.25) is 0 Å².